The molecule has 45 heavy (non-hydrogen) atoms. The number of nitrogens with zero attached hydrogens (tertiary/aromatic N) is 9. The molecule has 1 amide bonds. The molecule has 0 radical (unpaired) electrons. The van der Waals surface area contributed by atoms with E-state index in [9.17, 15) is 22.0 Å². The van der Waals surface area contributed by atoms with Crippen LogP contribution in [-0.4, -0.2) is 105 Å². The summed E-state index contributed by atoms with van der Waals surface area (Å²) in [5, 5.41) is 15.4. The quantitative estimate of drug-likeness (QED) is 0.241. The van der Waals surface area contributed by atoms with E-state index in [2.05, 4.69) is 42.4 Å². The lowest BCUT2D eigenvalue weighted by Gasteiger charge is -2.32. The number of hydrogen-bond donors (Lipinski definition) is 1. The number of hydrogen-bond acceptors (Lipinski definition) is 10. The van der Waals surface area contributed by atoms with Crippen molar-refractivity contribution in [2.45, 2.75) is 22.9 Å². The number of aromatic nitrogens is 7. The Balaban J connectivity index is 1.29. The fourth-order valence-electron chi connectivity index (χ4n) is 5.07. The van der Waals surface area contributed by atoms with Gasteiger partial charge in [0.15, 0.2) is 5.65 Å². The first-order chi connectivity index (χ1) is 21.6. The lowest BCUT2D eigenvalue weighted by Crippen LogP contribution is -2.45. The first kappa shape index (κ1) is 30.3. The van der Waals surface area contributed by atoms with Crippen LogP contribution in [0.5, 0.6) is 5.75 Å². The predicted molar refractivity (Wildman–Crippen MR) is 158 cm³/mol. The number of fused-ring (bicyclic) bond motifs is 1. The van der Waals surface area contributed by atoms with Gasteiger partial charge >= 0.3 is 6.61 Å². The largest absolute Gasteiger partial charge is 0.434 e. The lowest BCUT2D eigenvalue weighted by atomic mass is 10.1. The number of ether oxygens (including phenoxy) is 1. The summed E-state index contributed by atoms with van der Waals surface area (Å²) in [6, 6.07) is 5.18. The minimum absolute atomic E-state index is 0.0193. The molecule has 1 aromatic carbocycles. The van der Waals surface area contributed by atoms with Gasteiger partial charge in [-0.2, -0.15) is 24.1 Å². The number of sulfone groups is 1. The van der Waals surface area contributed by atoms with Gasteiger partial charge in [0.05, 0.1) is 29.5 Å². The number of carbonyl (C=O) groups is 1. The summed E-state index contributed by atoms with van der Waals surface area (Å²) in [6.07, 6.45) is 8.67. The van der Waals surface area contributed by atoms with Crippen molar-refractivity contribution in [2.24, 2.45) is 7.05 Å². The van der Waals surface area contributed by atoms with Gasteiger partial charge < -0.3 is 15.0 Å². The summed E-state index contributed by atoms with van der Waals surface area (Å²) < 4.78 is 63.3. The van der Waals surface area contributed by atoms with Crippen LogP contribution in [0.1, 0.15) is 10.4 Å². The first-order valence-corrected chi connectivity index (χ1v) is 15.5. The maximum Gasteiger partial charge on any atom is 0.387 e. The Labute approximate surface area is 256 Å². The standard InChI is InChI=1S/C28H30F2N10O4S/c1-36-8-10-38(11-9-36)12-13-39-17-20(15-32-39)45(42,43)19-4-5-24(44-28(29)30)21(14-19)25-23(18-37(2)35-25)34-27(41)22-16-33-40-7-3-6-31-26(22)40/h3-7,14-18,28H,8-13H2,1-2H3,(H,34,41). The average Bonchev–Trinajstić information content (AvgIpc) is 3.75. The summed E-state index contributed by atoms with van der Waals surface area (Å²) in [5.41, 5.74) is 0.552. The van der Waals surface area contributed by atoms with Gasteiger partial charge in [-0.25, -0.2) is 17.9 Å². The number of amides is 1. The van der Waals surface area contributed by atoms with Crippen molar-refractivity contribution < 1.29 is 26.7 Å². The van der Waals surface area contributed by atoms with Crippen LogP contribution in [0.15, 0.2) is 71.2 Å². The van der Waals surface area contributed by atoms with E-state index in [1.165, 1.54) is 52.3 Å². The Kier molecular flexibility index (Phi) is 8.30. The number of aryl methyl sites for hydroxylation is 1. The van der Waals surface area contributed by atoms with Crippen LogP contribution in [0, 0.1) is 0 Å². The molecule has 4 aromatic heterocycles. The minimum atomic E-state index is -4.12. The van der Waals surface area contributed by atoms with Crippen LogP contribution in [0.25, 0.3) is 16.9 Å². The molecule has 1 N–H and O–H groups in total. The molecule has 17 heteroatoms. The topological polar surface area (TPSA) is 145 Å². The molecule has 1 aliphatic rings. The van der Waals surface area contributed by atoms with E-state index in [-0.39, 0.29) is 38.0 Å². The highest BCUT2D eigenvalue weighted by Gasteiger charge is 2.26. The minimum Gasteiger partial charge on any atom is -0.434 e. The molecule has 0 aliphatic carbocycles. The van der Waals surface area contributed by atoms with Gasteiger partial charge in [0.25, 0.3) is 5.91 Å². The fraction of sp³-hybridized carbons (Fsp3) is 0.321. The molecule has 1 fully saturated rings. The maximum absolute atomic E-state index is 13.7. The molecule has 0 unspecified atom stereocenters. The number of alkyl halides is 2. The SMILES string of the molecule is CN1CCN(CCn2cc(S(=O)(=O)c3ccc(OC(F)F)c(-c4nn(C)cc4NC(=O)c4cnn5cccnc45)c3)cn2)CC1. The predicted octanol–water partition coefficient (Wildman–Crippen LogP) is 2.26. The fourth-order valence-corrected chi connectivity index (χ4v) is 6.31. The van der Waals surface area contributed by atoms with Crippen molar-refractivity contribution in [3.63, 3.8) is 0 Å². The first-order valence-electron chi connectivity index (χ1n) is 14.0. The zero-order valence-corrected chi connectivity index (χ0v) is 25.2. The molecule has 0 saturated carbocycles. The number of carbonyl (C=O) groups excluding carboxylic acids is 1. The zero-order chi connectivity index (χ0) is 31.7. The third-order valence-electron chi connectivity index (χ3n) is 7.49. The van der Waals surface area contributed by atoms with Crippen molar-refractivity contribution in [3.8, 4) is 17.0 Å². The second-order valence-electron chi connectivity index (χ2n) is 10.6. The molecule has 0 bridgehead atoms. The molecule has 5 heterocycles. The Morgan fingerprint density at radius 1 is 1.04 bits per heavy atom. The normalized spacial score (nSPS) is 14.8. The molecule has 0 atom stereocenters. The van der Waals surface area contributed by atoms with Crippen LogP contribution in [0.3, 0.4) is 0 Å². The summed E-state index contributed by atoms with van der Waals surface area (Å²) in [6.45, 7) is 1.80. The third kappa shape index (κ3) is 6.40. The Morgan fingerprint density at radius 2 is 1.84 bits per heavy atom. The van der Waals surface area contributed by atoms with Crippen molar-refractivity contribution >= 4 is 27.1 Å². The molecule has 14 nitrogen and oxygen atoms in total. The van der Waals surface area contributed by atoms with E-state index < -0.39 is 22.4 Å². The highest BCUT2D eigenvalue weighted by molar-refractivity contribution is 7.91. The van der Waals surface area contributed by atoms with E-state index >= 15 is 0 Å². The van der Waals surface area contributed by atoms with E-state index in [0.717, 1.165) is 38.8 Å². The number of benzene rings is 1. The van der Waals surface area contributed by atoms with Crippen LogP contribution < -0.4 is 10.1 Å². The summed E-state index contributed by atoms with van der Waals surface area (Å²) in [5.74, 6) is -0.902. The number of rotatable bonds is 10. The molecular weight excluding hydrogens is 610 g/mol. The maximum atomic E-state index is 13.7. The van der Waals surface area contributed by atoms with Crippen LogP contribution >= 0.6 is 0 Å². The Hall–Kier alpha value is -4.74. The van der Waals surface area contributed by atoms with Crippen molar-refractivity contribution in [3.05, 3.63) is 67.0 Å². The van der Waals surface area contributed by atoms with E-state index in [1.807, 2.05) is 0 Å². The van der Waals surface area contributed by atoms with E-state index in [1.54, 1.807) is 24.0 Å². The lowest BCUT2D eigenvalue weighted by molar-refractivity contribution is -0.0494. The van der Waals surface area contributed by atoms with Crippen LogP contribution in [-0.2, 0) is 23.4 Å². The Morgan fingerprint density at radius 3 is 2.62 bits per heavy atom. The number of halogens is 2. The smallest absolute Gasteiger partial charge is 0.387 e. The van der Waals surface area contributed by atoms with Gasteiger partial charge in [-0.05, 0) is 31.3 Å². The van der Waals surface area contributed by atoms with E-state index in [4.69, 9.17) is 4.74 Å². The molecule has 5 aromatic rings. The number of piperazine rings is 1. The van der Waals surface area contributed by atoms with Crippen LogP contribution in [0.4, 0.5) is 14.5 Å². The summed E-state index contributed by atoms with van der Waals surface area (Å²) in [4.78, 5) is 21.7. The zero-order valence-electron chi connectivity index (χ0n) is 24.4. The molecule has 6 rings (SSSR count). The molecule has 236 valence electrons. The monoisotopic (exact) mass is 640 g/mol. The average molecular weight is 641 g/mol. The number of nitrogens with one attached hydrogen (secondary N) is 1. The van der Waals surface area contributed by atoms with Crippen molar-refractivity contribution in [1.82, 2.24) is 44.0 Å². The van der Waals surface area contributed by atoms with Crippen LogP contribution in [0.2, 0.25) is 0 Å². The van der Waals surface area contributed by atoms with Gasteiger partial charge in [-0.15, -0.1) is 0 Å². The second-order valence-corrected chi connectivity index (χ2v) is 12.5. The summed E-state index contributed by atoms with van der Waals surface area (Å²) >= 11 is 0. The summed E-state index contributed by atoms with van der Waals surface area (Å²) in [7, 11) is -0.476. The molecule has 1 aliphatic heterocycles. The second kappa shape index (κ2) is 12.3. The van der Waals surface area contributed by atoms with Gasteiger partial charge in [0.2, 0.25) is 9.84 Å². The highest BCUT2D eigenvalue weighted by atomic mass is 32.2. The Bertz CT molecular complexity index is 1950. The third-order valence-corrected chi connectivity index (χ3v) is 9.20. The molecule has 0 spiro atoms. The van der Waals surface area contributed by atoms with Gasteiger partial charge in [0.1, 0.15) is 21.9 Å². The number of likely N-dealkylation sites (N-methyl/N-ethyl adjacent to an activating group) is 1. The van der Waals surface area contributed by atoms with Gasteiger partial charge in [-0.1, -0.05) is 0 Å². The highest BCUT2D eigenvalue weighted by Crippen LogP contribution is 2.38. The van der Waals surface area contributed by atoms with Gasteiger partial charge in [-0.3, -0.25) is 19.1 Å². The molecular formula is C28H30F2N10O4S. The number of anilines is 1. The van der Waals surface area contributed by atoms with Crippen molar-refractivity contribution in [1.29, 1.82) is 0 Å². The molecule has 1 saturated heterocycles. The van der Waals surface area contributed by atoms with Gasteiger partial charge in [0, 0.05) is 70.1 Å². The van der Waals surface area contributed by atoms with E-state index in [0.29, 0.717) is 12.2 Å². The van der Waals surface area contributed by atoms with Crippen molar-refractivity contribution in [2.75, 3.05) is 45.1 Å².